The molecule has 7 heteroatoms. The lowest BCUT2D eigenvalue weighted by Gasteiger charge is -2.03. The number of hydrogen-bond acceptors (Lipinski definition) is 6. The lowest BCUT2D eigenvalue weighted by Crippen LogP contribution is -1.94. The standard InChI is InChI=1S/C18H13NO5S/c20-17(18-2-1-11-25-18)10-9-15-7-8-16(24-15)12-23-14-5-3-13(4-6-14)19(21)22/h1-11H,12H2/b10-9+. The molecular weight excluding hydrogens is 342 g/mol. The maximum Gasteiger partial charge on any atom is 0.269 e. The van der Waals surface area contributed by atoms with Crippen molar-refractivity contribution in [3.8, 4) is 5.75 Å². The number of rotatable bonds is 7. The summed E-state index contributed by atoms with van der Waals surface area (Å²) in [7, 11) is 0. The van der Waals surface area contributed by atoms with Gasteiger partial charge in [-0.3, -0.25) is 14.9 Å². The molecule has 25 heavy (non-hydrogen) atoms. The molecule has 0 aliphatic heterocycles. The summed E-state index contributed by atoms with van der Waals surface area (Å²) in [5.74, 6) is 1.57. The second-order valence-corrected chi connectivity index (χ2v) is 5.97. The molecule has 0 radical (unpaired) electrons. The Balaban J connectivity index is 1.56. The first kappa shape index (κ1) is 16.7. The fourth-order valence-electron chi connectivity index (χ4n) is 2.04. The number of carbonyl (C=O) groups is 1. The van der Waals surface area contributed by atoms with Crippen LogP contribution >= 0.6 is 11.3 Å². The fraction of sp³-hybridized carbons (Fsp3) is 0.0556. The van der Waals surface area contributed by atoms with E-state index >= 15 is 0 Å². The van der Waals surface area contributed by atoms with Crippen LogP contribution < -0.4 is 4.74 Å². The van der Waals surface area contributed by atoms with E-state index < -0.39 is 4.92 Å². The number of benzene rings is 1. The maximum atomic E-state index is 11.9. The number of carbonyl (C=O) groups excluding carboxylic acids is 1. The van der Waals surface area contributed by atoms with Crippen molar-refractivity contribution < 1.29 is 18.9 Å². The summed E-state index contributed by atoms with van der Waals surface area (Å²) < 4.78 is 11.1. The van der Waals surface area contributed by atoms with E-state index in [-0.39, 0.29) is 18.1 Å². The Morgan fingerprint density at radius 1 is 1.20 bits per heavy atom. The van der Waals surface area contributed by atoms with Crippen LogP contribution in [0.2, 0.25) is 0 Å². The van der Waals surface area contributed by atoms with E-state index in [2.05, 4.69) is 0 Å². The number of ketones is 1. The third-order valence-corrected chi connectivity index (χ3v) is 4.16. The van der Waals surface area contributed by atoms with Crippen molar-refractivity contribution in [1.82, 2.24) is 0 Å². The molecule has 0 aliphatic rings. The molecule has 0 atom stereocenters. The molecule has 2 heterocycles. The van der Waals surface area contributed by atoms with Crippen LogP contribution in [-0.2, 0) is 6.61 Å². The monoisotopic (exact) mass is 355 g/mol. The van der Waals surface area contributed by atoms with Gasteiger partial charge in [0.25, 0.3) is 5.69 Å². The summed E-state index contributed by atoms with van der Waals surface area (Å²) in [4.78, 5) is 22.7. The van der Waals surface area contributed by atoms with Crippen LogP contribution in [-0.4, -0.2) is 10.7 Å². The molecule has 2 aromatic heterocycles. The van der Waals surface area contributed by atoms with Crippen molar-refractivity contribution in [3.05, 3.63) is 86.5 Å². The number of non-ortho nitro benzene ring substituents is 1. The van der Waals surface area contributed by atoms with Crippen molar-refractivity contribution in [2.75, 3.05) is 0 Å². The van der Waals surface area contributed by atoms with Crippen molar-refractivity contribution in [3.63, 3.8) is 0 Å². The van der Waals surface area contributed by atoms with Gasteiger partial charge in [0.05, 0.1) is 9.80 Å². The molecule has 126 valence electrons. The zero-order valence-corrected chi connectivity index (χ0v) is 13.8. The van der Waals surface area contributed by atoms with E-state index in [0.717, 1.165) is 0 Å². The van der Waals surface area contributed by atoms with Gasteiger partial charge >= 0.3 is 0 Å². The van der Waals surface area contributed by atoms with Gasteiger partial charge in [0.1, 0.15) is 23.9 Å². The molecule has 0 aliphatic carbocycles. The van der Waals surface area contributed by atoms with E-state index in [9.17, 15) is 14.9 Å². The van der Waals surface area contributed by atoms with E-state index in [1.54, 1.807) is 24.3 Å². The molecule has 0 N–H and O–H groups in total. The highest BCUT2D eigenvalue weighted by molar-refractivity contribution is 7.12. The number of nitro groups is 1. The second-order valence-electron chi connectivity index (χ2n) is 5.02. The number of nitrogens with zero attached hydrogens (tertiary/aromatic N) is 1. The molecule has 0 saturated carbocycles. The van der Waals surface area contributed by atoms with Crippen LogP contribution in [0.4, 0.5) is 5.69 Å². The zero-order chi connectivity index (χ0) is 17.6. The summed E-state index contributed by atoms with van der Waals surface area (Å²) >= 11 is 1.39. The fourth-order valence-corrected chi connectivity index (χ4v) is 2.68. The smallest absolute Gasteiger partial charge is 0.269 e. The first-order valence-electron chi connectivity index (χ1n) is 7.34. The predicted octanol–water partition coefficient (Wildman–Crippen LogP) is 4.72. The number of allylic oxidation sites excluding steroid dienone is 1. The molecule has 0 fully saturated rings. The summed E-state index contributed by atoms with van der Waals surface area (Å²) in [6, 6.07) is 12.9. The molecule has 0 spiro atoms. The third kappa shape index (κ3) is 4.42. The first-order valence-corrected chi connectivity index (χ1v) is 8.22. The van der Waals surface area contributed by atoms with Crippen LogP contribution in [0, 0.1) is 10.1 Å². The molecule has 1 aromatic carbocycles. The SMILES string of the molecule is O=C(/C=C/c1ccc(COc2ccc([N+](=O)[O-])cc2)o1)c1cccs1. The minimum Gasteiger partial charge on any atom is -0.486 e. The van der Waals surface area contributed by atoms with Gasteiger partial charge in [-0.15, -0.1) is 11.3 Å². The number of nitro benzene ring substituents is 1. The largest absolute Gasteiger partial charge is 0.486 e. The lowest BCUT2D eigenvalue weighted by atomic mass is 10.3. The molecule has 0 amide bonds. The molecule has 3 aromatic rings. The number of furan rings is 1. The highest BCUT2D eigenvalue weighted by Crippen LogP contribution is 2.19. The Bertz CT molecular complexity index is 894. The summed E-state index contributed by atoms with van der Waals surface area (Å²) in [5, 5.41) is 12.4. The molecule has 0 saturated heterocycles. The van der Waals surface area contributed by atoms with E-state index in [4.69, 9.17) is 9.15 Å². The lowest BCUT2D eigenvalue weighted by molar-refractivity contribution is -0.384. The Morgan fingerprint density at radius 3 is 2.68 bits per heavy atom. The van der Waals surface area contributed by atoms with Gasteiger partial charge in [-0.05, 0) is 47.9 Å². The van der Waals surface area contributed by atoms with Gasteiger partial charge in [-0.1, -0.05) is 6.07 Å². The molecule has 0 bridgehead atoms. The average Bonchev–Trinajstić information content (AvgIpc) is 3.30. The van der Waals surface area contributed by atoms with Crippen molar-refractivity contribution >= 4 is 28.9 Å². The van der Waals surface area contributed by atoms with Crippen LogP contribution in [0.25, 0.3) is 6.08 Å². The number of ether oxygens (including phenoxy) is 1. The molecule has 0 unspecified atom stereocenters. The van der Waals surface area contributed by atoms with Crippen LogP contribution in [0.15, 0.2) is 64.4 Å². The first-order chi connectivity index (χ1) is 12.1. The second kappa shape index (κ2) is 7.59. The van der Waals surface area contributed by atoms with Crippen LogP contribution in [0.3, 0.4) is 0 Å². The van der Waals surface area contributed by atoms with Gasteiger partial charge in [0, 0.05) is 12.1 Å². The molecule has 3 rings (SSSR count). The minimum absolute atomic E-state index is 0.00757. The summed E-state index contributed by atoms with van der Waals surface area (Å²) in [6.45, 7) is 0.185. The van der Waals surface area contributed by atoms with Gasteiger partial charge < -0.3 is 9.15 Å². The number of thiophene rings is 1. The van der Waals surface area contributed by atoms with E-state index in [0.29, 0.717) is 22.1 Å². The summed E-state index contributed by atoms with van der Waals surface area (Å²) in [5.41, 5.74) is 0.00757. The Kier molecular flexibility index (Phi) is 5.06. The quantitative estimate of drug-likeness (QED) is 0.265. The zero-order valence-electron chi connectivity index (χ0n) is 13.0. The third-order valence-electron chi connectivity index (χ3n) is 3.27. The summed E-state index contributed by atoms with van der Waals surface area (Å²) in [6.07, 6.45) is 3.07. The van der Waals surface area contributed by atoms with E-state index in [1.807, 2.05) is 11.4 Å². The van der Waals surface area contributed by atoms with Crippen LogP contribution in [0.5, 0.6) is 5.75 Å². The van der Waals surface area contributed by atoms with Crippen molar-refractivity contribution in [1.29, 1.82) is 0 Å². The van der Waals surface area contributed by atoms with E-state index in [1.165, 1.54) is 41.7 Å². The van der Waals surface area contributed by atoms with Crippen LogP contribution in [0.1, 0.15) is 21.2 Å². The van der Waals surface area contributed by atoms with Crippen molar-refractivity contribution in [2.24, 2.45) is 0 Å². The maximum absolute atomic E-state index is 11.9. The Labute approximate surface area is 147 Å². The van der Waals surface area contributed by atoms with Gasteiger partial charge in [-0.2, -0.15) is 0 Å². The van der Waals surface area contributed by atoms with Gasteiger partial charge in [-0.25, -0.2) is 0 Å². The topological polar surface area (TPSA) is 82.6 Å². The average molecular weight is 355 g/mol. The van der Waals surface area contributed by atoms with Gasteiger partial charge in [0.15, 0.2) is 5.78 Å². The van der Waals surface area contributed by atoms with Gasteiger partial charge in [0.2, 0.25) is 0 Å². The number of hydrogen-bond donors (Lipinski definition) is 0. The highest BCUT2D eigenvalue weighted by atomic mass is 32.1. The predicted molar refractivity (Wildman–Crippen MR) is 93.8 cm³/mol. The Morgan fingerprint density at radius 2 is 2.00 bits per heavy atom. The minimum atomic E-state index is -0.466. The Hall–Kier alpha value is -3.19. The van der Waals surface area contributed by atoms with Crippen molar-refractivity contribution in [2.45, 2.75) is 6.61 Å². The molecular formula is C18H13NO5S. The molecule has 6 nitrogen and oxygen atoms in total. The highest BCUT2D eigenvalue weighted by Gasteiger charge is 2.06. The normalized spacial score (nSPS) is 10.9.